The Balaban J connectivity index is 2.37. The van der Waals surface area contributed by atoms with Gasteiger partial charge in [-0.15, -0.1) is 0 Å². The molecule has 1 N–H and O–H groups in total. The van der Waals surface area contributed by atoms with Crippen LogP contribution in [0.3, 0.4) is 0 Å². The molecule has 5 heteroatoms. The normalized spacial score (nSPS) is 10.1. The summed E-state index contributed by atoms with van der Waals surface area (Å²) < 4.78 is 1.46. The molecule has 0 spiro atoms. The van der Waals surface area contributed by atoms with Gasteiger partial charge in [0.2, 0.25) is 0 Å². The minimum absolute atomic E-state index is 0.164. The summed E-state index contributed by atoms with van der Waals surface area (Å²) >= 11 is 0. The van der Waals surface area contributed by atoms with Gasteiger partial charge >= 0.3 is 0 Å². The predicted molar refractivity (Wildman–Crippen MR) is 53.8 cm³/mol. The van der Waals surface area contributed by atoms with E-state index in [1.807, 2.05) is 0 Å². The zero-order valence-corrected chi connectivity index (χ0v) is 7.88. The molecule has 0 amide bonds. The van der Waals surface area contributed by atoms with Crippen LogP contribution >= 0.6 is 0 Å². The number of aromatic nitrogens is 3. The van der Waals surface area contributed by atoms with Crippen LogP contribution < -0.4 is 5.56 Å². The minimum atomic E-state index is -0.290. The van der Waals surface area contributed by atoms with E-state index < -0.39 is 0 Å². The Morgan fingerprint density at radius 1 is 1.47 bits per heavy atom. The van der Waals surface area contributed by atoms with E-state index in [9.17, 15) is 9.59 Å². The van der Waals surface area contributed by atoms with Crippen molar-refractivity contribution < 1.29 is 4.79 Å². The Kier molecular flexibility index (Phi) is 2.45. The number of carbonyl (C=O) groups excluding carboxylic acids is 1. The van der Waals surface area contributed by atoms with Crippen LogP contribution in [0.25, 0.3) is 0 Å². The first-order valence-electron chi connectivity index (χ1n) is 4.44. The van der Waals surface area contributed by atoms with Crippen LogP contribution in [0.5, 0.6) is 0 Å². The number of carbonyl (C=O) groups is 1. The van der Waals surface area contributed by atoms with E-state index in [0.717, 1.165) is 5.69 Å². The molecule has 15 heavy (non-hydrogen) atoms. The van der Waals surface area contributed by atoms with Gasteiger partial charge in [0.05, 0.1) is 17.8 Å². The Morgan fingerprint density at radius 3 is 3.00 bits per heavy atom. The number of nitrogens with zero attached hydrogens (tertiary/aromatic N) is 2. The van der Waals surface area contributed by atoms with Crippen molar-refractivity contribution in [2.45, 2.75) is 6.54 Å². The molecule has 2 aromatic heterocycles. The smallest absolute Gasteiger partial charge is 0.261 e. The van der Waals surface area contributed by atoms with E-state index in [1.165, 1.54) is 10.6 Å². The molecular formula is C10H9N3O2. The maximum Gasteiger partial charge on any atom is 0.261 e. The van der Waals surface area contributed by atoms with E-state index in [4.69, 9.17) is 0 Å². The molecule has 0 aliphatic carbocycles. The van der Waals surface area contributed by atoms with E-state index in [2.05, 4.69) is 10.2 Å². The molecule has 0 aromatic carbocycles. The van der Waals surface area contributed by atoms with E-state index in [-0.39, 0.29) is 11.1 Å². The highest BCUT2D eigenvalue weighted by Crippen LogP contribution is 1.95. The summed E-state index contributed by atoms with van der Waals surface area (Å²) in [6.45, 7) is 0.389. The Labute approximate surface area is 85.4 Å². The summed E-state index contributed by atoms with van der Waals surface area (Å²) in [4.78, 5) is 22.2. The second-order valence-electron chi connectivity index (χ2n) is 3.10. The van der Waals surface area contributed by atoms with Crippen molar-refractivity contribution in [2.75, 3.05) is 0 Å². The molecule has 0 radical (unpaired) electrons. The molecule has 0 aliphatic heterocycles. The van der Waals surface area contributed by atoms with Crippen LogP contribution in [-0.2, 0) is 6.54 Å². The Morgan fingerprint density at radius 2 is 2.33 bits per heavy atom. The number of rotatable bonds is 3. The van der Waals surface area contributed by atoms with Crippen molar-refractivity contribution in [1.82, 2.24) is 14.8 Å². The van der Waals surface area contributed by atoms with Gasteiger partial charge in [0.1, 0.15) is 0 Å². The summed E-state index contributed by atoms with van der Waals surface area (Å²) in [5.74, 6) is 0. The fraction of sp³-hybridized carbons (Fsp3) is 0.100. The van der Waals surface area contributed by atoms with Gasteiger partial charge in [-0.2, -0.15) is 5.10 Å². The third kappa shape index (κ3) is 1.85. The van der Waals surface area contributed by atoms with Gasteiger partial charge in [-0.3, -0.25) is 14.7 Å². The number of pyridine rings is 1. The average molecular weight is 203 g/mol. The topological polar surface area (TPSA) is 67.8 Å². The number of hydrogen-bond acceptors (Lipinski definition) is 3. The monoisotopic (exact) mass is 203 g/mol. The Hall–Kier alpha value is -2.17. The van der Waals surface area contributed by atoms with E-state index in [0.29, 0.717) is 12.8 Å². The first-order chi connectivity index (χ1) is 7.31. The van der Waals surface area contributed by atoms with Gasteiger partial charge in [0, 0.05) is 12.4 Å². The van der Waals surface area contributed by atoms with E-state index >= 15 is 0 Å². The highest BCUT2D eigenvalue weighted by atomic mass is 16.1. The van der Waals surface area contributed by atoms with Crippen LogP contribution in [-0.4, -0.2) is 21.1 Å². The lowest BCUT2D eigenvalue weighted by atomic mass is 10.3. The first kappa shape index (κ1) is 9.39. The minimum Gasteiger partial charge on any atom is -0.309 e. The highest BCUT2D eigenvalue weighted by molar-refractivity contribution is 5.73. The molecule has 0 fully saturated rings. The summed E-state index contributed by atoms with van der Waals surface area (Å²) in [6.07, 6.45) is 3.81. The number of nitrogens with one attached hydrogen (secondary N) is 1. The zero-order valence-electron chi connectivity index (χ0n) is 7.88. The molecule has 0 saturated heterocycles. The standard InChI is InChI=1S/C10H9N3O2/c14-7-8-2-1-5-13(10(8)15)6-9-3-4-11-12-9/h1-5,7H,6H2,(H,11,12). The lowest BCUT2D eigenvalue weighted by Gasteiger charge is -2.03. The molecule has 0 unspecified atom stereocenters. The van der Waals surface area contributed by atoms with Crippen molar-refractivity contribution in [3.8, 4) is 0 Å². The third-order valence-corrected chi connectivity index (χ3v) is 2.08. The molecular weight excluding hydrogens is 194 g/mol. The van der Waals surface area contributed by atoms with Crippen LogP contribution in [0, 0.1) is 0 Å². The van der Waals surface area contributed by atoms with Crippen LogP contribution in [0.4, 0.5) is 0 Å². The Bertz CT molecular complexity index is 514. The largest absolute Gasteiger partial charge is 0.309 e. The highest BCUT2D eigenvalue weighted by Gasteiger charge is 2.02. The van der Waals surface area contributed by atoms with Crippen molar-refractivity contribution in [1.29, 1.82) is 0 Å². The van der Waals surface area contributed by atoms with Gasteiger partial charge < -0.3 is 4.57 Å². The molecule has 76 valence electrons. The summed E-state index contributed by atoms with van der Waals surface area (Å²) in [5, 5.41) is 6.53. The van der Waals surface area contributed by atoms with Crippen molar-refractivity contribution in [3.05, 3.63) is 52.2 Å². The fourth-order valence-corrected chi connectivity index (χ4v) is 1.33. The second-order valence-corrected chi connectivity index (χ2v) is 3.10. The second kappa shape index (κ2) is 3.91. The summed E-state index contributed by atoms with van der Waals surface area (Å²) in [6, 6.07) is 4.94. The van der Waals surface area contributed by atoms with Crippen molar-refractivity contribution in [3.63, 3.8) is 0 Å². The fourth-order valence-electron chi connectivity index (χ4n) is 1.33. The molecule has 2 heterocycles. The maximum absolute atomic E-state index is 11.6. The summed E-state index contributed by atoms with van der Waals surface area (Å²) in [7, 11) is 0. The molecule has 5 nitrogen and oxygen atoms in total. The van der Waals surface area contributed by atoms with Gasteiger partial charge in [0.15, 0.2) is 6.29 Å². The lowest BCUT2D eigenvalue weighted by molar-refractivity contribution is 0.112. The van der Waals surface area contributed by atoms with Gasteiger partial charge in [0.25, 0.3) is 5.56 Å². The molecule has 0 saturated carbocycles. The number of aldehydes is 1. The average Bonchev–Trinajstić information content (AvgIpc) is 2.74. The zero-order chi connectivity index (χ0) is 10.7. The maximum atomic E-state index is 11.6. The number of H-pyrrole nitrogens is 1. The molecule has 0 aliphatic rings. The molecule has 2 aromatic rings. The van der Waals surface area contributed by atoms with E-state index in [1.54, 1.807) is 24.5 Å². The van der Waals surface area contributed by atoms with Gasteiger partial charge in [-0.25, -0.2) is 0 Å². The summed E-state index contributed by atoms with van der Waals surface area (Å²) in [5.41, 5.74) is 0.694. The van der Waals surface area contributed by atoms with Crippen LogP contribution in [0.15, 0.2) is 35.4 Å². The van der Waals surface area contributed by atoms with Crippen molar-refractivity contribution >= 4 is 6.29 Å². The third-order valence-electron chi connectivity index (χ3n) is 2.08. The van der Waals surface area contributed by atoms with Gasteiger partial charge in [-0.1, -0.05) is 0 Å². The molecule has 0 bridgehead atoms. The lowest BCUT2D eigenvalue weighted by Crippen LogP contribution is -2.23. The van der Waals surface area contributed by atoms with Crippen molar-refractivity contribution in [2.24, 2.45) is 0 Å². The molecule has 2 rings (SSSR count). The first-order valence-corrected chi connectivity index (χ1v) is 4.44. The van der Waals surface area contributed by atoms with Gasteiger partial charge in [-0.05, 0) is 18.2 Å². The quantitative estimate of drug-likeness (QED) is 0.735. The number of hydrogen-bond donors (Lipinski definition) is 1. The van der Waals surface area contributed by atoms with Crippen LogP contribution in [0.1, 0.15) is 16.1 Å². The SMILES string of the molecule is O=Cc1cccn(Cc2ccn[nH]2)c1=O. The predicted octanol–water partition coefficient (Wildman–Crippen LogP) is 0.432. The number of aromatic amines is 1. The van der Waals surface area contributed by atoms with Crippen LogP contribution in [0.2, 0.25) is 0 Å². The molecule has 0 atom stereocenters.